The molecule has 0 aliphatic heterocycles. The molecule has 0 atom stereocenters. The summed E-state index contributed by atoms with van der Waals surface area (Å²) in [5.74, 6) is 0.258. The number of ether oxygens (including phenoxy) is 1. The minimum Gasteiger partial charge on any atom is -0.466 e. The van der Waals surface area contributed by atoms with Crippen molar-refractivity contribution in [1.29, 1.82) is 5.26 Å². The molecule has 0 spiro atoms. The van der Waals surface area contributed by atoms with Crippen LogP contribution in [-0.2, 0) is 16.0 Å². The maximum atomic E-state index is 13.0. The van der Waals surface area contributed by atoms with Crippen molar-refractivity contribution in [2.45, 2.75) is 13.3 Å². The van der Waals surface area contributed by atoms with Crippen LogP contribution in [0.2, 0.25) is 0 Å². The van der Waals surface area contributed by atoms with E-state index in [4.69, 9.17) is 9.15 Å². The predicted molar refractivity (Wildman–Crippen MR) is 104 cm³/mol. The van der Waals surface area contributed by atoms with E-state index >= 15 is 0 Å². The van der Waals surface area contributed by atoms with Crippen LogP contribution in [0.4, 0.5) is 0 Å². The summed E-state index contributed by atoms with van der Waals surface area (Å²) in [6.45, 7) is 1.99. The molecule has 5 aromatic heterocycles. The van der Waals surface area contributed by atoms with Crippen LogP contribution in [0.5, 0.6) is 0 Å². The summed E-state index contributed by atoms with van der Waals surface area (Å²) < 4.78 is 13.7. The van der Waals surface area contributed by atoms with E-state index in [0.29, 0.717) is 32.5 Å². The highest BCUT2D eigenvalue weighted by atomic mass is 32.1. The summed E-state index contributed by atoms with van der Waals surface area (Å²) in [6, 6.07) is 5.19. The summed E-state index contributed by atoms with van der Waals surface area (Å²) in [4.78, 5) is 34.0. The Labute approximate surface area is 170 Å². The van der Waals surface area contributed by atoms with E-state index in [9.17, 15) is 14.9 Å². The summed E-state index contributed by atoms with van der Waals surface area (Å²) in [7, 11) is 0. The lowest BCUT2D eigenvalue weighted by atomic mass is 10.2. The van der Waals surface area contributed by atoms with Crippen LogP contribution in [0, 0.1) is 11.3 Å². The van der Waals surface area contributed by atoms with Crippen molar-refractivity contribution < 1.29 is 13.9 Å². The zero-order valence-corrected chi connectivity index (χ0v) is 16.2. The second-order valence-corrected chi connectivity index (χ2v) is 7.12. The minimum atomic E-state index is -0.553. The van der Waals surface area contributed by atoms with Gasteiger partial charge < -0.3 is 9.15 Å². The first-order valence-electron chi connectivity index (χ1n) is 8.79. The highest BCUT2D eigenvalue weighted by Crippen LogP contribution is 2.29. The maximum Gasteiger partial charge on any atom is 0.313 e. The van der Waals surface area contributed by atoms with Crippen LogP contribution in [0.1, 0.15) is 18.3 Å². The number of hydrogen-bond acceptors (Lipinski definition) is 10. The number of nitriles is 1. The Morgan fingerprint density at radius 2 is 2.23 bits per heavy atom. The zero-order valence-electron chi connectivity index (χ0n) is 15.4. The normalized spacial score (nSPS) is 11.3. The first-order chi connectivity index (χ1) is 14.6. The first kappa shape index (κ1) is 18.0. The molecule has 148 valence electrons. The lowest BCUT2D eigenvalue weighted by Gasteiger charge is -2.01. The van der Waals surface area contributed by atoms with Gasteiger partial charge >= 0.3 is 5.97 Å². The van der Waals surface area contributed by atoms with Gasteiger partial charge in [-0.05, 0) is 19.1 Å². The minimum absolute atomic E-state index is 0.0630. The summed E-state index contributed by atoms with van der Waals surface area (Å²) in [5.41, 5.74) is 0.195. The number of thiazole rings is 1. The largest absolute Gasteiger partial charge is 0.466 e. The van der Waals surface area contributed by atoms with Gasteiger partial charge in [-0.2, -0.15) is 5.26 Å². The number of furan rings is 1. The van der Waals surface area contributed by atoms with Gasteiger partial charge in [0.1, 0.15) is 40.6 Å². The molecule has 11 nitrogen and oxygen atoms in total. The van der Waals surface area contributed by atoms with Gasteiger partial charge in [0, 0.05) is 0 Å². The Bertz CT molecular complexity index is 1540. The van der Waals surface area contributed by atoms with Gasteiger partial charge in [-0.25, -0.2) is 14.4 Å². The average molecular weight is 421 g/mol. The van der Waals surface area contributed by atoms with Crippen molar-refractivity contribution in [3.8, 4) is 17.5 Å². The maximum absolute atomic E-state index is 13.0. The van der Waals surface area contributed by atoms with E-state index in [1.165, 1.54) is 28.3 Å². The molecule has 5 rings (SSSR count). The van der Waals surface area contributed by atoms with E-state index < -0.39 is 11.5 Å². The van der Waals surface area contributed by atoms with Gasteiger partial charge in [-0.15, -0.1) is 10.2 Å². The Hall–Kier alpha value is -4.11. The standard InChI is InChI=1S/C18H11N7O4S/c1-2-28-12(26)6-11-22-23-16-14-15(20-8-24(11)16)25-17(27)9(7-19)13(21-18(25)30-14)10-4-3-5-29-10/h3-5,8H,2,6H2,1H3. The SMILES string of the molecule is CCOC(=O)Cc1nnc2c3sc4nc(-c5ccco5)c(C#N)c(=O)n4c3ncn12. The van der Waals surface area contributed by atoms with E-state index in [1.54, 1.807) is 23.5 Å². The number of fused-ring (bicyclic) bond motifs is 5. The molecule has 0 saturated carbocycles. The number of carbonyl (C=O) groups excluding carboxylic acids is 1. The monoisotopic (exact) mass is 421 g/mol. The zero-order chi connectivity index (χ0) is 20.8. The van der Waals surface area contributed by atoms with Crippen molar-refractivity contribution in [3.63, 3.8) is 0 Å². The Kier molecular flexibility index (Phi) is 4.04. The molecule has 0 bridgehead atoms. The molecule has 12 heteroatoms. The van der Waals surface area contributed by atoms with Crippen molar-refractivity contribution >= 4 is 38.3 Å². The fourth-order valence-electron chi connectivity index (χ4n) is 3.12. The van der Waals surface area contributed by atoms with Crippen molar-refractivity contribution in [2.75, 3.05) is 6.61 Å². The molecule has 0 amide bonds. The van der Waals surface area contributed by atoms with Crippen LogP contribution in [0.25, 0.3) is 32.4 Å². The number of carbonyl (C=O) groups is 1. The van der Waals surface area contributed by atoms with Gasteiger partial charge in [-0.3, -0.25) is 14.0 Å². The van der Waals surface area contributed by atoms with E-state index in [0.717, 1.165) is 0 Å². The molecule has 0 saturated heterocycles. The number of nitrogens with zero attached hydrogens (tertiary/aromatic N) is 7. The van der Waals surface area contributed by atoms with E-state index in [1.807, 2.05) is 6.07 Å². The van der Waals surface area contributed by atoms with Crippen LogP contribution in [-0.4, -0.2) is 41.5 Å². The highest BCUT2D eigenvalue weighted by Gasteiger charge is 2.22. The number of esters is 1. The average Bonchev–Trinajstić information content (AvgIpc) is 3.46. The highest BCUT2D eigenvalue weighted by molar-refractivity contribution is 7.24. The lowest BCUT2D eigenvalue weighted by molar-refractivity contribution is -0.142. The van der Waals surface area contributed by atoms with Crippen LogP contribution in [0.15, 0.2) is 33.9 Å². The van der Waals surface area contributed by atoms with Gasteiger partial charge in [0.2, 0.25) is 0 Å². The van der Waals surface area contributed by atoms with Crippen molar-refractivity contribution in [2.24, 2.45) is 0 Å². The van der Waals surface area contributed by atoms with Crippen molar-refractivity contribution in [1.82, 2.24) is 29.0 Å². The van der Waals surface area contributed by atoms with E-state index in [2.05, 4.69) is 20.2 Å². The van der Waals surface area contributed by atoms with Crippen molar-refractivity contribution in [3.05, 3.63) is 46.5 Å². The molecular weight excluding hydrogens is 410 g/mol. The number of hydrogen-bond donors (Lipinski definition) is 0. The molecule has 0 fully saturated rings. The lowest BCUT2D eigenvalue weighted by Crippen LogP contribution is -2.18. The summed E-state index contributed by atoms with van der Waals surface area (Å²) in [5, 5.41) is 17.7. The third kappa shape index (κ3) is 2.56. The quantitative estimate of drug-likeness (QED) is 0.395. The van der Waals surface area contributed by atoms with Gasteiger partial charge in [0.15, 0.2) is 22.0 Å². The van der Waals surface area contributed by atoms with Gasteiger partial charge in [0.05, 0.1) is 12.9 Å². The molecule has 5 aromatic rings. The molecule has 0 unspecified atom stereocenters. The molecule has 30 heavy (non-hydrogen) atoms. The molecule has 0 aliphatic rings. The number of rotatable bonds is 4. The molecular formula is C18H11N7O4S. The Morgan fingerprint density at radius 3 is 2.97 bits per heavy atom. The fourth-order valence-corrected chi connectivity index (χ4v) is 4.17. The Balaban J connectivity index is 1.77. The first-order valence-corrected chi connectivity index (χ1v) is 9.61. The summed E-state index contributed by atoms with van der Waals surface area (Å²) in [6.07, 6.45) is 2.81. The van der Waals surface area contributed by atoms with Crippen LogP contribution < -0.4 is 5.56 Å². The van der Waals surface area contributed by atoms with Crippen LogP contribution in [0.3, 0.4) is 0 Å². The molecule has 0 N–H and O–H groups in total. The second kappa shape index (κ2) is 6.75. The second-order valence-electron chi connectivity index (χ2n) is 6.14. The molecule has 0 aromatic carbocycles. The smallest absolute Gasteiger partial charge is 0.313 e. The Morgan fingerprint density at radius 1 is 1.37 bits per heavy atom. The van der Waals surface area contributed by atoms with Gasteiger partial charge in [-0.1, -0.05) is 11.3 Å². The fraction of sp³-hybridized carbons (Fsp3) is 0.167. The predicted octanol–water partition coefficient (Wildman–Crippen LogP) is 1.58. The molecule has 0 aliphatic carbocycles. The topological polar surface area (TPSA) is 141 Å². The third-order valence-corrected chi connectivity index (χ3v) is 5.43. The van der Waals surface area contributed by atoms with Crippen LogP contribution >= 0.6 is 11.3 Å². The van der Waals surface area contributed by atoms with Gasteiger partial charge in [0.25, 0.3) is 5.56 Å². The number of aromatic nitrogens is 6. The molecule has 0 radical (unpaired) electrons. The molecule has 5 heterocycles. The third-order valence-electron chi connectivity index (χ3n) is 4.40. The summed E-state index contributed by atoms with van der Waals surface area (Å²) >= 11 is 1.18. The van der Waals surface area contributed by atoms with E-state index in [-0.39, 0.29) is 24.3 Å².